The van der Waals surface area contributed by atoms with Crippen LogP contribution in [0.3, 0.4) is 0 Å². The molecule has 0 saturated carbocycles. The Morgan fingerprint density at radius 1 is 1.00 bits per heavy atom. The van der Waals surface area contributed by atoms with Gasteiger partial charge >= 0.3 is 0 Å². The molecule has 0 bridgehead atoms. The first kappa shape index (κ1) is 19.8. The third-order valence-corrected chi connectivity index (χ3v) is 5.64. The SMILES string of the molecule is COc1cc(OC)cc(C(=O)N(Cc2ccccc2)c2nc3ccc(F)cc3s2)c1. The third kappa shape index (κ3) is 4.11. The average molecular weight is 422 g/mol. The van der Waals surface area contributed by atoms with Crippen molar-refractivity contribution in [2.75, 3.05) is 19.1 Å². The number of carbonyl (C=O) groups is 1. The van der Waals surface area contributed by atoms with Gasteiger partial charge in [-0.3, -0.25) is 9.69 Å². The Hall–Kier alpha value is -3.45. The quantitative estimate of drug-likeness (QED) is 0.423. The van der Waals surface area contributed by atoms with Gasteiger partial charge < -0.3 is 9.47 Å². The number of halogens is 1. The van der Waals surface area contributed by atoms with Crippen LogP contribution in [0, 0.1) is 5.82 Å². The maximum Gasteiger partial charge on any atom is 0.260 e. The Bertz CT molecular complexity index is 1170. The second-order valence-corrected chi connectivity index (χ2v) is 7.60. The molecule has 0 aliphatic heterocycles. The molecule has 0 radical (unpaired) electrons. The number of amides is 1. The Morgan fingerprint density at radius 2 is 1.70 bits per heavy atom. The Kier molecular flexibility index (Phi) is 5.63. The number of fused-ring (bicyclic) bond motifs is 1. The summed E-state index contributed by atoms with van der Waals surface area (Å²) in [5.41, 5.74) is 2.00. The van der Waals surface area contributed by atoms with E-state index in [-0.39, 0.29) is 11.7 Å². The van der Waals surface area contributed by atoms with Gasteiger partial charge in [-0.25, -0.2) is 9.37 Å². The Morgan fingerprint density at radius 3 is 2.37 bits per heavy atom. The molecule has 3 aromatic carbocycles. The number of hydrogen-bond acceptors (Lipinski definition) is 5. The van der Waals surface area contributed by atoms with Crippen LogP contribution in [0.15, 0.2) is 66.7 Å². The number of nitrogens with zero attached hydrogens (tertiary/aromatic N) is 2. The number of methoxy groups -OCH3 is 2. The molecule has 4 rings (SSSR count). The molecule has 1 aromatic heterocycles. The highest BCUT2D eigenvalue weighted by molar-refractivity contribution is 7.22. The molecular formula is C23H19FN2O3S. The van der Waals surface area contributed by atoms with Gasteiger partial charge in [0.15, 0.2) is 5.13 Å². The molecule has 0 fully saturated rings. The van der Waals surface area contributed by atoms with Crippen molar-refractivity contribution in [3.8, 4) is 11.5 Å². The molecule has 5 nitrogen and oxygen atoms in total. The predicted molar refractivity (Wildman–Crippen MR) is 116 cm³/mol. The largest absolute Gasteiger partial charge is 0.497 e. The first-order valence-electron chi connectivity index (χ1n) is 9.22. The van der Waals surface area contributed by atoms with E-state index in [1.807, 2.05) is 30.3 Å². The standard InChI is InChI=1S/C23H19FN2O3S/c1-28-18-10-16(11-19(13-18)29-2)22(27)26(14-15-6-4-3-5-7-15)23-25-20-9-8-17(24)12-21(20)30-23/h3-13H,14H2,1-2H3. The van der Waals surface area contributed by atoms with E-state index >= 15 is 0 Å². The molecule has 152 valence electrons. The first-order chi connectivity index (χ1) is 14.6. The van der Waals surface area contributed by atoms with Gasteiger partial charge in [0.1, 0.15) is 17.3 Å². The van der Waals surface area contributed by atoms with Gasteiger partial charge in [-0.2, -0.15) is 0 Å². The summed E-state index contributed by atoms with van der Waals surface area (Å²) < 4.78 is 24.9. The van der Waals surface area contributed by atoms with Crippen LogP contribution in [0.25, 0.3) is 10.2 Å². The maximum atomic E-state index is 13.7. The van der Waals surface area contributed by atoms with Crippen molar-refractivity contribution in [1.82, 2.24) is 4.98 Å². The van der Waals surface area contributed by atoms with Crippen LogP contribution >= 0.6 is 11.3 Å². The summed E-state index contributed by atoms with van der Waals surface area (Å²) >= 11 is 1.27. The summed E-state index contributed by atoms with van der Waals surface area (Å²) in [6.07, 6.45) is 0. The zero-order chi connectivity index (χ0) is 21.1. The lowest BCUT2D eigenvalue weighted by Crippen LogP contribution is -2.30. The van der Waals surface area contributed by atoms with E-state index in [9.17, 15) is 9.18 Å². The van der Waals surface area contributed by atoms with Crippen LogP contribution in [-0.4, -0.2) is 25.1 Å². The van der Waals surface area contributed by atoms with Gasteiger partial charge in [-0.1, -0.05) is 41.7 Å². The fourth-order valence-corrected chi connectivity index (χ4v) is 4.07. The zero-order valence-corrected chi connectivity index (χ0v) is 17.3. The topological polar surface area (TPSA) is 51.7 Å². The number of benzene rings is 3. The number of aromatic nitrogens is 1. The summed E-state index contributed by atoms with van der Waals surface area (Å²) in [6.45, 7) is 0.321. The van der Waals surface area contributed by atoms with Crippen LogP contribution < -0.4 is 14.4 Å². The summed E-state index contributed by atoms with van der Waals surface area (Å²) in [7, 11) is 3.07. The van der Waals surface area contributed by atoms with Crippen molar-refractivity contribution < 1.29 is 18.7 Å². The fourth-order valence-electron chi connectivity index (χ4n) is 3.08. The normalized spacial score (nSPS) is 10.8. The number of anilines is 1. The molecule has 0 aliphatic carbocycles. The van der Waals surface area contributed by atoms with Crippen LogP contribution in [0.2, 0.25) is 0 Å². The van der Waals surface area contributed by atoms with E-state index in [0.29, 0.717) is 39.0 Å². The average Bonchev–Trinajstić information content (AvgIpc) is 3.20. The number of thiazole rings is 1. The van der Waals surface area contributed by atoms with Crippen molar-refractivity contribution >= 4 is 32.6 Å². The summed E-state index contributed by atoms with van der Waals surface area (Å²) in [5.74, 6) is 0.444. The van der Waals surface area contributed by atoms with Gasteiger partial charge in [0.2, 0.25) is 0 Å². The van der Waals surface area contributed by atoms with E-state index in [1.165, 1.54) is 37.7 Å². The number of hydrogen-bond donors (Lipinski definition) is 0. The summed E-state index contributed by atoms with van der Waals surface area (Å²) in [4.78, 5) is 19.7. The highest BCUT2D eigenvalue weighted by atomic mass is 32.1. The lowest BCUT2D eigenvalue weighted by molar-refractivity contribution is 0.0984. The number of rotatable bonds is 6. The van der Waals surface area contributed by atoms with Crippen LogP contribution in [0.4, 0.5) is 9.52 Å². The molecule has 1 heterocycles. The molecule has 0 aliphatic rings. The lowest BCUT2D eigenvalue weighted by atomic mass is 10.1. The van der Waals surface area contributed by atoms with Gasteiger partial charge in [0, 0.05) is 11.6 Å². The lowest BCUT2D eigenvalue weighted by Gasteiger charge is -2.21. The van der Waals surface area contributed by atoms with Crippen molar-refractivity contribution in [3.63, 3.8) is 0 Å². The third-order valence-electron chi connectivity index (χ3n) is 4.60. The second-order valence-electron chi connectivity index (χ2n) is 6.59. The minimum absolute atomic E-state index is 0.254. The van der Waals surface area contributed by atoms with Gasteiger partial charge in [-0.05, 0) is 35.9 Å². The minimum Gasteiger partial charge on any atom is -0.497 e. The van der Waals surface area contributed by atoms with Crippen molar-refractivity contribution in [1.29, 1.82) is 0 Å². The summed E-state index contributed by atoms with van der Waals surface area (Å²) in [6, 6.07) is 19.1. The zero-order valence-electron chi connectivity index (χ0n) is 16.5. The fraction of sp³-hybridized carbons (Fsp3) is 0.130. The van der Waals surface area contributed by atoms with E-state index in [4.69, 9.17) is 9.47 Å². The Labute approximate surface area is 177 Å². The molecule has 30 heavy (non-hydrogen) atoms. The molecule has 0 unspecified atom stereocenters. The number of carbonyl (C=O) groups excluding carboxylic acids is 1. The Balaban J connectivity index is 1.79. The predicted octanol–water partition coefficient (Wildman–Crippen LogP) is 5.30. The maximum absolute atomic E-state index is 13.7. The van der Waals surface area contributed by atoms with E-state index in [0.717, 1.165) is 5.56 Å². The minimum atomic E-state index is -0.337. The molecule has 0 saturated heterocycles. The molecular weight excluding hydrogens is 403 g/mol. The molecule has 4 aromatic rings. The second kappa shape index (κ2) is 8.51. The smallest absolute Gasteiger partial charge is 0.260 e. The van der Waals surface area contributed by atoms with Gasteiger partial charge in [0.05, 0.1) is 31.0 Å². The van der Waals surface area contributed by atoms with Crippen molar-refractivity contribution in [2.24, 2.45) is 0 Å². The highest BCUT2D eigenvalue weighted by Gasteiger charge is 2.23. The first-order valence-corrected chi connectivity index (χ1v) is 10.0. The van der Waals surface area contributed by atoms with E-state index < -0.39 is 0 Å². The van der Waals surface area contributed by atoms with E-state index in [2.05, 4.69) is 4.98 Å². The highest BCUT2D eigenvalue weighted by Crippen LogP contribution is 2.32. The molecule has 7 heteroatoms. The van der Waals surface area contributed by atoms with Crippen molar-refractivity contribution in [3.05, 3.63) is 83.7 Å². The van der Waals surface area contributed by atoms with Gasteiger partial charge in [0.25, 0.3) is 5.91 Å². The monoisotopic (exact) mass is 422 g/mol. The van der Waals surface area contributed by atoms with Gasteiger partial charge in [-0.15, -0.1) is 0 Å². The molecule has 0 atom stereocenters. The van der Waals surface area contributed by atoms with Crippen LogP contribution in [0.5, 0.6) is 11.5 Å². The molecule has 0 spiro atoms. The van der Waals surface area contributed by atoms with E-state index in [1.54, 1.807) is 29.2 Å². The van der Waals surface area contributed by atoms with Crippen LogP contribution in [0.1, 0.15) is 15.9 Å². The number of ether oxygens (including phenoxy) is 2. The van der Waals surface area contributed by atoms with Crippen LogP contribution in [-0.2, 0) is 6.54 Å². The summed E-state index contributed by atoms with van der Waals surface area (Å²) in [5, 5.41) is 0.492. The molecule has 0 N–H and O–H groups in total. The molecule has 1 amide bonds. The van der Waals surface area contributed by atoms with Crippen molar-refractivity contribution in [2.45, 2.75) is 6.54 Å².